The second kappa shape index (κ2) is 3.92. The van der Waals surface area contributed by atoms with Gasteiger partial charge >= 0.3 is 0 Å². The van der Waals surface area contributed by atoms with Crippen molar-refractivity contribution in [3.63, 3.8) is 0 Å². The maximum atomic E-state index is 10.8. The third-order valence-corrected chi connectivity index (χ3v) is 2.20. The summed E-state index contributed by atoms with van der Waals surface area (Å²) < 4.78 is 0. The van der Waals surface area contributed by atoms with Gasteiger partial charge in [0.15, 0.2) is 6.29 Å². The molecule has 2 aromatic rings. The van der Waals surface area contributed by atoms with Crippen LogP contribution in [-0.4, -0.2) is 11.3 Å². The largest absolute Gasteiger partial charge is 0.399 e. The maximum absolute atomic E-state index is 10.8. The van der Waals surface area contributed by atoms with Gasteiger partial charge in [0.2, 0.25) is 0 Å². The average Bonchev–Trinajstić information content (AvgIpc) is 2.30. The van der Waals surface area contributed by atoms with Crippen LogP contribution in [0.2, 0.25) is 0 Å². The molecule has 3 heteroatoms. The first kappa shape index (κ1) is 9.40. The Balaban J connectivity index is 2.53. The highest BCUT2D eigenvalue weighted by Crippen LogP contribution is 2.22. The topological polar surface area (TPSA) is 56.0 Å². The fourth-order valence-electron chi connectivity index (χ4n) is 1.41. The number of nitrogens with zero attached hydrogens (tertiary/aromatic N) is 1. The number of anilines is 1. The second-order valence-corrected chi connectivity index (χ2v) is 3.20. The highest BCUT2D eigenvalue weighted by molar-refractivity contribution is 5.87. The van der Waals surface area contributed by atoms with Crippen LogP contribution in [0.4, 0.5) is 5.69 Å². The highest BCUT2D eigenvalue weighted by atomic mass is 16.1. The molecule has 0 bridgehead atoms. The first-order chi connectivity index (χ1) is 7.31. The van der Waals surface area contributed by atoms with Crippen molar-refractivity contribution < 1.29 is 4.79 Å². The van der Waals surface area contributed by atoms with E-state index in [4.69, 9.17) is 5.73 Å². The second-order valence-electron chi connectivity index (χ2n) is 3.20. The number of carbonyl (C=O) groups excluding carboxylic acids is 1. The Bertz CT molecular complexity index is 477. The summed E-state index contributed by atoms with van der Waals surface area (Å²) in [7, 11) is 0. The van der Waals surface area contributed by atoms with E-state index in [2.05, 4.69) is 4.98 Å². The lowest BCUT2D eigenvalue weighted by atomic mass is 10.0. The number of hydrogen-bond acceptors (Lipinski definition) is 3. The van der Waals surface area contributed by atoms with Crippen LogP contribution in [0.1, 0.15) is 10.4 Å². The monoisotopic (exact) mass is 198 g/mol. The zero-order valence-corrected chi connectivity index (χ0v) is 8.05. The van der Waals surface area contributed by atoms with Crippen molar-refractivity contribution >= 4 is 12.0 Å². The van der Waals surface area contributed by atoms with Crippen LogP contribution < -0.4 is 5.73 Å². The zero-order valence-electron chi connectivity index (χ0n) is 8.05. The predicted molar refractivity (Wildman–Crippen MR) is 59.5 cm³/mol. The molecule has 15 heavy (non-hydrogen) atoms. The summed E-state index contributed by atoms with van der Waals surface area (Å²) in [6, 6.07) is 9.05. The SMILES string of the molecule is Nc1ccc(-c2cnccc2C=O)cc1. The lowest BCUT2D eigenvalue weighted by Crippen LogP contribution is -1.89. The van der Waals surface area contributed by atoms with E-state index in [0.717, 1.165) is 17.4 Å². The molecular weight excluding hydrogens is 188 g/mol. The molecule has 0 aliphatic rings. The lowest BCUT2D eigenvalue weighted by Gasteiger charge is -2.03. The first-order valence-corrected chi connectivity index (χ1v) is 4.56. The molecule has 0 aliphatic heterocycles. The number of rotatable bonds is 2. The summed E-state index contributed by atoms with van der Waals surface area (Å²) in [5.74, 6) is 0. The van der Waals surface area contributed by atoms with Crippen molar-refractivity contribution in [3.8, 4) is 11.1 Å². The molecule has 2 N–H and O–H groups in total. The van der Waals surface area contributed by atoms with Gasteiger partial charge in [-0.3, -0.25) is 9.78 Å². The summed E-state index contributed by atoms with van der Waals surface area (Å²) in [5.41, 5.74) is 8.70. The minimum Gasteiger partial charge on any atom is -0.399 e. The molecule has 0 fully saturated rings. The summed E-state index contributed by atoms with van der Waals surface area (Å²) in [6.45, 7) is 0. The number of aldehydes is 1. The molecule has 0 spiro atoms. The molecule has 1 aromatic carbocycles. The Morgan fingerprint density at radius 2 is 1.87 bits per heavy atom. The molecule has 0 atom stereocenters. The fourth-order valence-corrected chi connectivity index (χ4v) is 1.41. The van der Waals surface area contributed by atoms with Gasteiger partial charge in [-0.1, -0.05) is 12.1 Å². The van der Waals surface area contributed by atoms with Crippen LogP contribution >= 0.6 is 0 Å². The fraction of sp³-hybridized carbons (Fsp3) is 0. The van der Waals surface area contributed by atoms with Gasteiger partial charge in [0, 0.05) is 29.2 Å². The number of carbonyl (C=O) groups is 1. The first-order valence-electron chi connectivity index (χ1n) is 4.56. The minimum absolute atomic E-state index is 0.634. The van der Waals surface area contributed by atoms with Gasteiger partial charge in [0.25, 0.3) is 0 Å². The van der Waals surface area contributed by atoms with E-state index in [0.29, 0.717) is 11.3 Å². The Hall–Kier alpha value is -2.16. The summed E-state index contributed by atoms with van der Waals surface area (Å²) in [5, 5.41) is 0. The molecule has 74 valence electrons. The number of aromatic nitrogens is 1. The third-order valence-electron chi connectivity index (χ3n) is 2.20. The van der Waals surface area contributed by atoms with Crippen molar-refractivity contribution in [3.05, 3.63) is 48.3 Å². The summed E-state index contributed by atoms with van der Waals surface area (Å²) in [4.78, 5) is 14.8. The van der Waals surface area contributed by atoms with E-state index in [1.807, 2.05) is 12.1 Å². The Kier molecular flexibility index (Phi) is 2.46. The van der Waals surface area contributed by atoms with E-state index in [-0.39, 0.29) is 0 Å². The molecule has 1 heterocycles. The number of nitrogens with two attached hydrogens (primary N) is 1. The molecule has 3 nitrogen and oxygen atoms in total. The van der Waals surface area contributed by atoms with Crippen LogP contribution in [0, 0.1) is 0 Å². The van der Waals surface area contributed by atoms with Crippen LogP contribution in [0.3, 0.4) is 0 Å². The smallest absolute Gasteiger partial charge is 0.150 e. The molecule has 0 saturated carbocycles. The Morgan fingerprint density at radius 1 is 1.13 bits per heavy atom. The van der Waals surface area contributed by atoms with Gasteiger partial charge in [0.1, 0.15) is 0 Å². The van der Waals surface area contributed by atoms with E-state index in [9.17, 15) is 4.79 Å². The van der Waals surface area contributed by atoms with Crippen molar-refractivity contribution in [2.45, 2.75) is 0 Å². The number of pyridine rings is 1. The number of nitrogen functional groups attached to an aromatic ring is 1. The van der Waals surface area contributed by atoms with Crippen LogP contribution in [-0.2, 0) is 0 Å². The minimum atomic E-state index is 0.634. The van der Waals surface area contributed by atoms with E-state index in [1.54, 1.807) is 30.6 Å². The van der Waals surface area contributed by atoms with Crippen LogP contribution in [0.5, 0.6) is 0 Å². The van der Waals surface area contributed by atoms with Crippen molar-refractivity contribution in [1.82, 2.24) is 4.98 Å². The average molecular weight is 198 g/mol. The van der Waals surface area contributed by atoms with Gasteiger partial charge in [0.05, 0.1) is 0 Å². The van der Waals surface area contributed by atoms with Gasteiger partial charge in [-0.25, -0.2) is 0 Å². The standard InChI is InChI=1S/C12H10N2O/c13-11-3-1-9(2-4-11)12-7-14-6-5-10(12)8-15/h1-8H,13H2. The molecule has 0 amide bonds. The lowest BCUT2D eigenvalue weighted by molar-refractivity contribution is 0.112. The van der Waals surface area contributed by atoms with Gasteiger partial charge in [-0.15, -0.1) is 0 Å². The Labute approximate surface area is 87.6 Å². The van der Waals surface area contributed by atoms with Crippen molar-refractivity contribution in [1.29, 1.82) is 0 Å². The zero-order chi connectivity index (χ0) is 10.7. The molecule has 1 aromatic heterocycles. The molecular formula is C12H10N2O. The van der Waals surface area contributed by atoms with Gasteiger partial charge in [-0.2, -0.15) is 0 Å². The predicted octanol–water partition coefficient (Wildman–Crippen LogP) is 2.14. The molecule has 2 rings (SSSR count). The van der Waals surface area contributed by atoms with Crippen molar-refractivity contribution in [2.75, 3.05) is 5.73 Å². The number of benzene rings is 1. The van der Waals surface area contributed by atoms with E-state index in [1.165, 1.54) is 0 Å². The normalized spacial score (nSPS) is 9.87. The van der Waals surface area contributed by atoms with Crippen molar-refractivity contribution in [2.24, 2.45) is 0 Å². The quantitative estimate of drug-likeness (QED) is 0.594. The van der Waals surface area contributed by atoms with Gasteiger partial charge < -0.3 is 5.73 Å². The van der Waals surface area contributed by atoms with Crippen LogP contribution in [0.25, 0.3) is 11.1 Å². The van der Waals surface area contributed by atoms with Crippen LogP contribution in [0.15, 0.2) is 42.7 Å². The van der Waals surface area contributed by atoms with E-state index < -0.39 is 0 Å². The Morgan fingerprint density at radius 3 is 2.53 bits per heavy atom. The molecule has 0 saturated heterocycles. The third kappa shape index (κ3) is 1.86. The maximum Gasteiger partial charge on any atom is 0.150 e. The summed E-state index contributed by atoms with van der Waals surface area (Å²) >= 11 is 0. The summed E-state index contributed by atoms with van der Waals surface area (Å²) in [6.07, 6.45) is 4.10. The highest BCUT2D eigenvalue weighted by Gasteiger charge is 2.03. The number of hydrogen-bond donors (Lipinski definition) is 1. The molecule has 0 radical (unpaired) electrons. The molecule has 0 unspecified atom stereocenters. The van der Waals surface area contributed by atoms with E-state index >= 15 is 0 Å². The molecule has 0 aliphatic carbocycles. The van der Waals surface area contributed by atoms with Gasteiger partial charge in [-0.05, 0) is 23.8 Å².